The Morgan fingerprint density at radius 1 is 1.27 bits per heavy atom. The lowest BCUT2D eigenvalue weighted by atomic mass is 9.95. The molecule has 1 aliphatic heterocycles. The highest BCUT2D eigenvalue weighted by Gasteiger charge is 2.35. The van der Waals surface area contributed by atoms with Crippen molar-refractivity contribution in [3.8, 4) is 11.5 Å². The maximum Gasteiger partial charge on any atom is 0.338 e. The summed E-state index contributed by atoms with van der Waals surface area (Å²) in [5.41, 5.74) is 1.07. The lowest BCUT2D eigenvalue weighted by Crippen LogP contribution is -2.40. The number of aromatic nitrogens is 1. The van der Waals surface area contributed by atoms with Crippen molar-refractivity contribution in [1.29, 1.82) is 0 Å². The van der Waals surface area contributed by atoms with Crippen molar-refractivity contribution in [3.05, 3.63) is 77.3 Å². The molecule has 8 nitrogen and oxygen atoms in total. The standard InChI is InChI=1S/C23H21BrN2O6S/c1-5-31-22(28)19-12(2)25-23-26(20(19)15-8-6-13(29-3)10-16(15)30-4)21(27)17(33-23)11-14-7-9-18(24)32-14/h6-11,20H,5H2,1-4H3/b17-11-/t20-/m0/s1. The molecule has 0 saturated carbocycles. The molecule has 0 saturated heterocycles. The van der Waals surface area contributed by atoms with Crippen LogP contribution in [0.5, 0.6) is 11.5 Å². The van der Waals surface area contributed by atoms with Gasteiger partial charge in [-0.3, -0.25) is 9.36 Å². The van der Waals surface area contributed by atoms with E-state index in [1.54, 1.807) is 57.4 Å². The highest BCUT2D eigenvalue weighted by molar-refractivity contribution is 9.10. The van der Waals surface area contributed by atoms with E-state index in [4.69, 9.17) is 18.6 Å². The van der Waals surface area contributed by atoms with E-state index in [1.165, 1.54) is 23.0 Å². The molecule has 0 amide bonds. The molecular formula is C23H21BrN2O6S. The van der Waals surface area contributed by atoms with E-state index in [0.29, 0.717) is 42.5 Å². The Labute approximate surface area is 201 Å². The van der Waals surface area contributed by atoms with E-state index >= 15 is 0 Å². The third-order valence-corrected chi connectivity index (χ3v) is 6.53. The molecule has 10 heteroatoms. The number of ether oxygens (including phenoxy) is 3. The first-order valence-corrected chi connectivity index (χ1v) is 11.7. The van der Waals surface area contributed by atoms with Gasteiger partial charge >= 0.3 is 5.97 Å². The van der Waals surface area contributed by atoms with Crippen LogP contribution < -0.4 is 24.4 Å². The summed E-state index contributed by atoms with van der Waals surface area (Å²) in [5.74, 6) is 1.04. The molecule has 172 valence electrons. The van der Waals surface area contributed by atoms with Crippen LogP contribution in [-0.4, -0.2) is 31.4 Å². The van der Waals surface area contributed by atoms with Gasteiger partial charge in [0.2, 0.25) is 0 Å². The molecule has 0 N–H and O–H groups in total. The Bertz CT molecular complexity index is 1430. The molecule has 3 aromatic rings. The maximum absolute atomic E-state index is 13.6. The Kier molecular flexibility index (Phi) is 6.57. The minimum absolute atomic E-state index is 0.194. The summed E-state index contributed by atoms with van der Waals surface area (Å²) >= 11 is 4.49. The van der Waals surface area contributed by atoms with Crippen LogP contribution in [0.15, 0.2) is 60.5 Å². The zero-order valence-corrected chi connectivity index (χ0v) is 20.8. The number of benzene rings is 1. The monoisotopic (exact) mass is 532 g/mol. The van der Waals surface area contributed by atoms with Crippen LogP contribution in [0, 0.1) is 0 Å². The number of nitrogens with zero attached hydrogens (tertiary/aromatic N) is 2. The predicted molar refractivity (Wildman–Crippen MR) is 126 cm³/mol. The number of methoxy groups -OCH3 is 2. The zero-order valence-electron chi connectivity index (χ0n) is 18.4. The Morgan fingerprint density at radius 2 is 2.06 bits per heavy atom. The van der Waals surface area contributed by atoms with E-state index in [0.717, 1.165) is 0 Å². The average molecular weight is 533 g/mol. The molecule has 33 heavy (non-hydrogen) atoms. The highest BCUT2D eigenvalue weighted by atomic mass is 79.9. The first kappa shape index (κ1) is 23.1. The number of thiazole rings is 1. The van der Waals surface area contributed by atoms with Crippen molar-refractivity contribution in [2.24, 2.45) is 4.99 Å². The lowest BCUT2D eigenvalue weighted by molar-refractivity contribution is -0.139. The smallest absolute Gasteiger partial charge is 0.338 e. The number of fused-ring (bicyclic) bond motifs is 1. The van der Waals surface area contributed by atoms with Gasteiger partial charge in [0.1, 0.15) is 23.3 Å². The number of esters is 1. The van der Waals surface area contributed by atoms with Gasteiger partial charge in [0.05, 0.1) is 36.6 Å². The van der Waals surface area contributed by atoms with Gasteiger partial charge in [0.25, 0.3) is 5.56 Å². The van der Waals surface area contributed by atoms with Gasteiger partial charge in [-0.25, -0.2) is 9.79 Å². The number of carbonyl (C=O) groups is 1. The SMILES string of the molecule is CCOC(=O)C1=C(C)N=c2s/c(=C\c3ccc(Br)o3)c(=O)n2[C@H]1c1ccc(OC)cc1OC. The first-order chi connectivity index (χ1) is 15.9. The third-order valence-electron chi connectivity index (χ3n) is 5.12. The molecular weight excluding hydrogens is 512 g/mol. The second-order valence-corrected chi connectivity index (χ2v) is 8.84. The molecule has 0 fully saturated rings. The van der Waals surface area contributed by atoms with Crippen molar-refractivity contribution >= 4 is 39.3 Å². The number of halogens is 1. The van der Waals surface area contributed by atoms with E-state index in [9.17, 15) is 9.59 Å². The molecule has 0 unspecified atom stereocenters. The van der Waals surface area contributed by atoms with Gasteiger partial charge in [-0.1, -0.05) is 11.3 Å². The van der Waals surface area contributed by atoms with Crippen molar-refractivity contribution in [2.75, 3.05) is 20.8 Å². The first-order valence-electron chi connectivity index (χ1n) is 10.0. The Hall–Kier alpha value is -3.11. The van der Waals surface area contributed by atoms with Crippen LogP contribution in [-0.2, 0) is 9.53 Å². The van der Waals surface area contributed by atoms with Crippen molar-refractivity contribution in [1.82, 2.24) is 4.57 Å². The topological polar surface area (TPSA) is 92.3 Å². The Morgan fingerprint density at radius 3 is 2.70 bits per heavy atom. The Balaban J connectivity index is 2.00. The molecule has 1 atom stereocenters. The predicted octanol–water partition coefficient (Wildman–Crippen LogP) is 3.17. The largest absolute Gasteiger partial charge is 0.497 e. The molecule has 0 spiro atoms. The van der Waals surface area contributed by atoms with Crippen LogP contribution in [0.4, 0.5) is 0 Å². The molecule has 1 aliphatic rings. The van der Waals surface area contributed by atoms with Crippen LogP contribution >= 0.6 is 27.3 Å². The van der Waals surface area contributed by atoms with E-state index in [-0.39, 0.29) is 17.7 Å². The summed E-state index contributed by atoms with van der Waals surface area (Å²) in [6.45, 7) is 3.66. The van der Waals surface area contributed by atoms with Crippen molar-refractivity contribution in [2.45, 2.75) is 19.9 Å². The fraction of sp³-hybridized carbons (Fsp3) is 0.261. The van der Waals surface area contributed by atoms with E-state index < -0.39 is 12.0 Å². The fourth-order valence-corrected chi connectivity index (χ4v) is 5.01. The summed E-state index contributed by atoms with van der Waals surface area (Å²) in [4.78, 5) is 31.6. The minimum atomic E-state index is -0.786. The second-order valence-electron chi connectivity index (χ2n) is 7.05. The van der Waals surface area contributed by atoms with E-state index in [2.05, 4.69) is 20.9 Å². The number of furan rings is 1. The molecule has 1 aromatic carbocycles. The summed E-state index contributed by atoms with van der Waals surface area (Å²) in [7, 11) is 3.08. The molecule has 2 aromatic heterocycles. The molecule has 4 rings (SSSR count). The number of carbonyl (C=O) groups excluding carboxylic acids is 1. The normalized spacial score (nSPS) is 15.8. The molecule has 0 aliphatic carbocycles. The van der Waals surface area contributed by atoms with Gasteiger partial charge < -0.3 is 18.6 Å². The van der Waals surface area contributed by atoms with E-state index in [1.807, 2.05) is 0 Å². The van der Waals surface area contributed by atoms with Crippen LogP contribution in [0.1, 0.15) is 31.2 Å². The lowest BCUT2D eigenvalue weighted by Gasteiger charge is -2.26. The van der Waals surface area contributed by atoms with Crippen molar-refractivity contribution < 1.29 is 23.4 Å². The number of hydrogen-bond acceptors (Lipinski definition) is 8. The highest BCUT2D eigenvalue weighted by Crippen LogP contribution is 2.37. The fourth-order valence-electron chi connectivity index (χ4n) is 3.67. The summed E-state index contributed by atoms with van der Waals surface area (Å²) in [5, 5.41) is 0. The summed E-state index contributed by atoms with van der Waals surface area (Å²) < 4.78 is 24.2. The van der Waals surface area contributed by atoms with Crippen molar-refractivity contribution in [3.63, 3.8) is 0 Å². The zero-order chi connectivity index (χ0) is 23.7. The molecule has 0 bridgehead atoms. The third kappa shape index (κ3) is 4.28. The second kappa shape index (κ2) is 9.40. The van der Waals surface area contributed by atoms with Gasteiger partial charge in [-0.2, -0.15) is 0 Å². The summed E-state index contributed by atoms with van der Waals surface area (Å²) in [6.07, 6.45) is 1.65. The van der Waals surface area contributed by atoms with Crippen LogP contribution in [0.2, 0.25) is 0 Å². The van der Waals surface area contributed by atoms with Gasteiger partial charge in [-0.15, -0.1) is 0 Å². The molecule has 3 heterocycles. The quantitative estimate of drug-likeness (QED) is 0.452. The summed E-state index contributed by atoms with van der Waals surface area (Å²) in [6, 6.07) is 7.96. The van der Waals surface area contributed by atoms with Gasteiger partial charge in [0.15, 0.2) is 9.47 Å². The number of allylic oxidation sites excluding steroid dienone is 1. The van der Waals surface area contributed by atoms with Crippen LogP contribution in [0.3, 0.4) is 0 Å². The number of hydrogen-bond donors (Lipinski definition) is 0. The van der Waals surface area contributed by atoms with Gasteiger partial charge in [0, 0.05) is 17.7 Å². The molecule has 0 radical (unpaired) electrons. The minimum Gasteiger partial charge on any atom is -0.497 e. The van der Waals surface area contributed by atoms with Gasteiger partial charge in [-0.05, 0) is 54.0 Å². The van der Waals surface area contributed by atoms with Crippen LogP contribution in [0.25, 0.3) is 6.08 Å². The maximum atomic E-state index is 13.6. The average Bonchev–Trinajstić information content (AvgIpc) is 3.34. The number of rotatable bonds is 6.